The first-order chi connectivity index (χ1) is 10.0. The summed E-state index contributed by atoms with van der Waals surface area (Å²) in [6, 6.07) is 13.3. The summed E-state index contributed by atoms with van der Waals surface area (Å²) in [5, 5.41) is 0. The van der Waals surface area contributed by atoms with Crippen molar-refractivity contribution in [2.75, 3.05) is 11.4 Å². The quantitative estimate of drug-likeness (QED) is 0.852. The van der Waals surface area contributed by atoms with Gasteiger partial charge in [-0.1, -0.05) is 36.0 Å². The van der Waals surface area contributed by atoms with Gasteiger partial charge >= 0.3 is 0 Å². The Labute approximate surface area is 130 Å². The minimum Gasteiger partial charge on any atom is -0.389 e. The number of nitrogens with zero attached hydrogens (tertiary/aromatic N) is 1. The molecule has 0 aliphatic carbocycles. The average molecular weight is 302 g/mol. The van der Waals surface area contributed by atoms with Crippen molar-refractivity contribution in [3.8, 4) is 0 Å². The number of hydrogen-bond donors (Lipinski definition) is 1. The molecule has 2 rings (SSSR count). The van der Waals surface area contributed by atoms with Crippen molar-refractivity contribution in [3.05, 3.63) is 65.0 Å². The lowest BCUT2D eigenvalue weighted by Crippen LogP contribution is -2.22. The molecular formula is C17H19FN2S. The van der Waals surface area contributed by atoms with E-state index >= 15 is 0 Å². The molecule has 0 heterocycles. The fourth-order valence-corrected chi connectivity index (χ4v) is 2.38. The largest absolute Gasteiger partial charge is 0.389 e. The molecule has 21 heavy (non-hydrogen) atoms. The number of nitrogens with two attached hydrogens (primary N) is 1. The van der Waals surface area contributed by atoms with Gasteiger partial charge in [-0.05, 0) is 43.7 Å². The third kappa shape index (κ3) is 3.79. The van der Waals surface area contributed by atoms with Gasteiger partial charge in [-0.2, -0.15) is 0 Å². The van der Waals surface area contributed by atoms with Gasteiger partial charge in [0.1, 0.15) is 10.8 Å². The molecule has 0 amide bonds. The fraction of sp³-hybridized carbons (Fsp3) is 0.235. The molecule has 2 nitrogen and oxygen atoms in total. The number of rotatable bonds is 5. The summed E-state index contributed by atoms with van der Waals surface area (Å²) < 4.78 is 13.6. The van der Waals surface area contributed by atoms with Gasteiger partial charge in [0.2, 0.25) is 0 Å². The van der Waals surface area contributed by atoms with Crippen LogP contribution >= 0.6 is 12.2 Å². The molecule has 2 N–H and O–H groups in total. The van der Waals surface area contributed by atoms with E-state index in [0.717, 1.165) is 17.8 Å². The zero-order chi connectivity index (χ0) is 15.4. The fourth-order valence-electron chi connectivity index (χ4n) is 2.22. The third-order valence-corrected chi connectivity index (χ3v) is 3.67. The number of anilines is 1. The molecule has 0 saturated heterocycles. The van der Waals surface area contributed by atoms with Crippen molar-refractivity contribution >= 4 is 22.9 Å². The summed E-state index contributed by atoms with van der Waals surface area (Å²) in [5.41, 5.74) is 9.22. The van der Waals surface area contributed by atoms with Gasteiger partial charge in [-0.25, -0.2) is 4.39 Å². The van der Waals surface area contributed by atoms with Crippen LogP contribution in [-0.2, 0) is 6.54 Å². The van der Waals surface area contributed by atoms with Crippen LogP contribution < -0.4 is 10.6 Å². The highest BCUT2D eigenvalue weighted by atomic mass is 32.1. The molecule has 0 aliphatic heterocycles. The minimum atomic E-state index is -0.371. The monoisotopic (exact) mass is 302 g/mol. The second kappa shape index (κ2) is 6.68. The first-order valence-corrected chi connectivity index (χ1v) is 7.32. The maximum Gasteiger partial charge on any atom is 0.133 e. The van der Waals surface area contributed by atoms with E-state index in [-0.39, 0.29) is 10.8 Å². The van der Waals surface area contributed by atoms with Gasteiger partial charge in [0, 0.05) is 24.3 Å². The Kier molecular flexibility index (Phi) is 4.91. The van der Waals surface area contributed by atoms with Crippen LogP contribution in [0.2, 0.25) is 0 Å². The third-order valence-electron chi connectivity index (χ3n) is 3.45. The van der Waals surface area contributed by atoms with Gasteiger partial charge in [0.25, 0.3) is 0 Å². The molecule has 0 fully saturated rings. The molecule has 0 aliphatic rings. The normalized spacial score (nSPS) is 10.4. The van der Waals surface area contributed by atoms with Crippen LogP contribution in [0, 0.1) is 12.7 Å². The van der Waals surface area contributed by atoms with Crippen LogP contribution in [0.1, 0.15) is 23.6 Å². The molecule has 0 atom stereocenters. The van der Waals surface area contributed by atoms with E-state index in [9.17, 15) is 4.39 Å². The molecule has 2 aromatic rings. The van der Waals surface area contributed by atoms with Crippen LogP contribution in [0.5, 0.6) is 0 Å². The summed E-state index contributed by atoms with van der Waals surface area (Å²) in [6.07, 6.45) is 0. The van der Waals surface area contributed by atoms with Crippen molar-refractivity contribution in [3.63, 3.8) is 0 Å². The number of thiocarbonyl (C=S) groups is 1. The topological polar surface area (TPSA) is 29.3 Å². The molecule has 0 saturated carbocycles. The number of aryl methyl sites for hydroxylation is 1. The van der Waals surface area contributed by atoms with E-state index < -0.39 is 0 Å². The molecule has 4 heteroatoms. The van der Waals surface area contributed by atoms with Gasteiger partial charge in [0.15, 0.2) is 0 Å². The first-order valence-electron chi connectivity index (χ1n) is 6.91. The van der Waals surface area contributed by atoms with Crippen LogP contribution in [0.3, 0.4) is 0 Å². The van der Waals surface area contributed by atoms with Gasteiger partial charge in [0.05, 0.1) is 0 Å². The highest BCUT2D eigenvalue weighted by Gasteiger charge is 2.09. The predicted octanol–water partition coefficient (Wildman–Crippen LogP) is 3.79. The van der Waals surface area contributed by atoms with E-state index in [1.807, 2.05) is 0 Å². The van der Waals surface area contributed by atoms with Crippen LogP contribution in [0.25, 0.3) is 0 Å². The SMILES string of the molecule is CCN(Cc1ccc(F)c(C(N)=S)c1)c1ccc(C)cc1. The second-order valence-electron chi connectivity index (χ2n) is 5.03. The minimum absolute atomic E-state index is 0.0905. The highest BCUT2D eigenvalue weighted by Crippen LogP contribution is 2.19. The first kappa shape index (κ1) is 15.4. The Balaban J connectivity index is 2.24. The van der Waals surface area contributed by atoms with Crippen molar-refractivity contribution < 1.29 is 4.39 Å². The van der Waals surface area contributed by atoms with E-state index in [4.69, 9.17) is 18.0 Å². The Bertz CT molecular complexity index is 638. The van der Waals surface area contributed by atoms with E-state index in [1.165, 1.54) is 11.6 Å². The van der Waals surface area contributed by atoms with Crippen LogP contribution in [0.15, 0.2) is 42.5 Å². The van der Waals surface area contributed by atoms with Crippen molar-refractivity contribution in [1.29, 1.82) is 0 Å². The molecule has 0 radical (unpaired) electrons. The van der Waals surface area contributed by atoms with Crippen molar-refractivity contribution in [2.45, 2.75) is 20.4 Å². The zero-order valence-electron chi connectivity index (χ0n) is 12.3. The number of benzene rings is 2. The van der Waals surface area contributed by atoms with E-state index in [1.54, 1.807) is 12.1 Å². The lowest BCUT2D eigenvalue weighted by atomic mass is 10.1. The molecule has 110 valence electrons. The lowest BCUT2D eigenvalue weighted by molar-refractivity contribution is 0.624. The Morgan fingerprint density at radius 2 is 1.86 bits per heavy atom. The average Bonchev–Trinajstić information content (AvgIpc) is 2.47. The van der Waals surface area contributed by atoms with Crippen LogP contribution in [-0.4, -0.2) is 11.5 Å². The van der Waals surface area contributed by atoms with Crippen LogP contribution in [0.4, 0.5) is 10.1 Å². The smallest absolute Gasteiger partial charge is 0.133 e. The number of hydrogen-bond acceptors (Lipinski definition) is 2. The second-order valence-corrected chi connectivity index (χ2v) is 5.47. The van der Waals surface area contributed by atoms with Gasteiger partial charge < -0.3 is 10.6 Å². The van der Waals surface area contributed by atoms with Gasteiger partial charge in [-0.3, -0.25) is 0 Å². The standard InChI is InChI=1S/C17H19FN2S/c1-3-20(14-7-4-12(2)5-8-14)11-13-6-9-16(18)15(10-13)17(19)21/h4-10H,3,11H2,1-2H3,(H2,19,21). The Morgan fingerprint density at radius 1 is 1.19 bits per heavy atom. The maximum atomic E-state index is 13.6. The summed E-state index contributed by atoms with van der Waals surface area (Å²) in [4.78, 5) is 2.31. The van der Waals surface area contributed by atoms with E-state index in [2.05, 4.69) is 43.0 Å². The van der Waals surface area contributed by atoms with Gasteiger partial charge in [-0.15, -0.1) is 0 Å². The molecule has 2 aromatic carbocycles. The Hall–Kier alpha value is -1.94. The molecule has 0 bridgehead atoms. The Morgan fingerprint density at radius 3 is 2.43 bits per heavy atom. The zero-order valence-corrected chi connectivity index (χ0v) is 13.1. The predicted molar refractivity (Wildman–Crippen MR) is 90.2 cm³/mol. The van der Waals surface area contributed by atoms with Crippen molar-refractivity contribution in [1.82, 2.24) is 0 Å². The molecule has 0 spiro atoms. The molecule has 0 aromatic heterocycles. The van der Waals surface area contributed by atoms with E-state index in [0.29, 0.717) is 12.1 Å². The highest BCUT2D eigenvalue weighted by molar-refractivity contribution is 7.80. The summed E-state index contributed by atoms with van der Waals surface area (Å²) in [5.74, 6) is -0.371. The summed E-state index contributed by atoms with van der Waals surface area (Å²) in [7, 11) is 0. The summed E-state index contributed by atoms with van der Waals surface area (Å²) in [6.45, 7) is 5.71. The molecular weight excluding hydrogens is 283 g/mol. The maximum absolute atomic E-state index is 13.6. The summed E-state index contributed by atoms with van der Waals surface area (Å²) >= 11 is 4.88. The van der Waals surface area contributed by atoms with Crippen molar-refractivity contribution in [2.24, 2.45) is 5.73 Å². The molecule has 0 unspecified atom stereocenters. The lowest BCUT2D eigenvalue weighted by Gasteiger charge is -2.23. The number of halogens is 1.